The van der Waals surface area contributed by atoms with Gasteiger partial charge in [-0.1, -0.05) is 25.4 Å². The second-order valence-corrected chi connectivity index (χ2v) is 4.95. The van der Waals surface area contributed by atoms with E-state index >= 15 is 0 Å². The second kappa shape index (κ2) is 6.66. The molecule has 0 radical (unpaired) electrons. The number of halogens is 1. The number of nitrogens with zero attached hydrogens (tertiary/aromatic N) is 2. The number of aromatic nitrogens is 2. The normalized spacial score (nSPS) is 12.6. The van der Waals surface area contributed by atoms with Crippen molar-refractivity contribution < 1.29 is 9.90 Å². The van der Waals surface area contributed by atoms with E-state index in [2.05, 4.69) is 29.1 Å². The number of rotatable bonds is 6. The van der Waals surface area contributed by atoms with Gasteiger partial charge in [-0.2, -0.15) is 0 Å². The SMILES string of the molecule is Cc1nc(Cl)c(C=O)c(NC(CO)CC(C)C)n1. The molecule has 0 amide bonds. The van der Waals surface area contributed by atoms with Crippen LogP contribution in [-0.4, -0.2) is 34.0 Å². The third-order valence-corrected chi connectivity index (χ3v) is 2.73. The number of aldehydes is 1. The third-order valence-electron chi connectivity index (χ3n) is 2.45. The number of nitrogens with one attached hydrogen (secondary N) is 1. The van der Waals surface area contributed by atoms with E-state index < -0.39 is 0 Å². The fraction of sp³-hybridized carbons (Fsp3) is 0.583. The minimum absolute atomic E-state index is 0.0306. The standard InChI is InChI=1S/C12H18ClN3O2/c1-7(2)4-9(5-17)16-12-10(6-18)11(13)14-8(3)15-12/h6-7,9,17H,4-5H2,1-3H3,(H,14,15,16). The number of carbonyl (C=O) groups is 1. The quantitative estimate of drug-likeness (QED) is 0.612. The van der Waals surface area contributed by atoms with E-state index in [1.807, 2.05) is 0 Å². The molecule has 0 aromatic carbocycles. The van der Waals surface area contributed by atoms with Crippen molar-refractivity contribution in [2.24, 2.45) is 5.92 Å². The van der Waals surface area contributed by atoms with Gasteiger partial charge in [0.2, 0.25) is 0 Å². The minimum Gasteiger partial charge on any atom is -0.394 e. The van der Waals surface area contributed by atoms with Crippen molar-refractivity contribution in [3.63, 3.8) is 0 Å². The second-order valence-electron chi connectivity index (χ2n) is 4.60. The van der Waals surface area contributed by atoms with E-state index in [1.165, 1.54) is 0 Å². The van der Waals surface area contributed by atoms with Gasteiger partial charge in [0.1, 0.15) is 16.8 Å². The van der Waals surface area contributed by atoms with Gasteiger partial charge >= 0.3 is 0 Å². The molecule has 0 saturated carbocycles. The highest BCUT2D eigenvalue weighted by atomic mass is 35.5. The smallest absolute Gasteiger partial charge is 0.156 e. The molecule has 0 spiro atoms. The summed E-state index contributed by atoms with van der Waals surface area (Å²) in [5, 5.41) is 12.5. The summed E-state index contributed by atoms with van der Waals surface area (Å²) in [6.45, 7) is 5.78. The molecule has 0 saturated heterocycles. The van der Waals surface area contributed by atoms with Crippen molar-refractivity contribution >= 4 is 23.7 Å². The monoisotopic (exact) mass is 271 g/mol. The number of aliphatic hydroxyl groups excluding tert-OH is 1. The molecule has 0 aliphatic rings. The summed E-state index contributed by atoms with van der Waals surface area (Å²) in [5.41, 5.74) is 0.226. The predicted octanol–water partition coefficient (Wildman–Crippen LogP) is 2.07. The highest BCUT2D eigenvalue weighted by Gasteiger charge is 2.16. The summed E-state index contributed by atoms with van der Waals surface area (Å²) < 4.78 is 0. The van der Waals surface area contributed by atoms with Crippen LogP contribution in [0.2, 0.25) is 5.15 Å². The Hall–Kier alpha value is -1.20. The molecule has 1 unspecified atom stereocenters. The maximum absolute atomic E-state index is 11.0. The average molecular weight is 272 g/mol. The molecular formula is C12H18ClN3O2. The summed E-state index contributed by atoms with van der Waals surface area (Å²) in [6.07, 6.45) is 1.39. The Labute approximate surface area is 112 Å². The Morgan fingerprint density at radius 1 is 1.44 bits per heavy atom. The van der Waals surface area contributed by atoms with E-state index in [0.717, 1.165) is 6.42 Å². The fourth-order valence-corrected chi connectivity index (χ4v) is 1.96. The third kappa shape index (κ3) is 3.92. The highest BCUT2D eigenvalue weighted by Crippen LogP contribution is 2.20. The zero-order valence-corrected chi connectivity index (χ0v) is 11.5. The predicted molar refractivity (Wildman–Crippen MR) is 71.1 cm³/mol. The summed E-state index contributed by atoms with van der Waals surface area (Å²) in [4.78, 5) is 19.1. The molecule has 0 aliphatic heterocycles. The van der Waals surface area contributed by atoms with Crippen LogP contribution in [-0.2, 0) is 0 Å². The first-order valence-corrected chi connectivity index (χ1v) is 6.22. The number of anilines is 1. The van der Waals surface area contributed by atoms with Crippen LogP contribution in [0.15, 0.2) is 0 Å². The number of aliphatic hydroxyl groups is 1. The van der Waals surface area contributed by atoms with Crippen LogP contribution in [0, 0.1) is 12.8 Å². The Bertz CT molecular complexity index is 424. The lowest BCUT2D eigenvalue weighted by Gasteiger charge is -2.20. The molecule has 0 bridgehead atoms. The van der Waals surface area contributed by atoms with E-state index in [-0.39, 0.29) is 23.4 Å². The fourth-order valence-electron chi connectivity index (χ4n) is 1.70. The van der Waals surface area contributed by atoms with Crippen molar-refractivity contribution in [2.45, 2.75) is 33.2 Å². The molecule has 1 aromatic heterocycles. The summed E-state index contributed by atoms with van der Waals surface area (Å²) in [5.74, 6) is 1.28. The topological polar surface area (TPSA) is 75.1 Å². The van der Waals surface area contributed by atoms with Gasteiger partial charge in [0.15, 0.2) is 6.29 Å². The molecule has 18 heavy (non-hydrogen) atoms. The van der Waals surface area contributed by atoms with E-state index in [9.17, 15) is 9.90 Å². The van der Waals surface area contributed by atoms with Gasteiger partial charge in [-0.25, -0.2) is 9.97 Å². The van der Waals surface area contributed by atoms with Gasteiger partial charge in [0.05, 0.1) is 18.2 Å². The van der Waals surface area contributed by atoms with Gasteiger partial charge in [-0.05, 0) is 19.3 Å². The molecule has 0 aliphatic carbocycles. The molecule has 100 valence electrons. The lowest BCUT2D eigenvalue weighted by molar-refractivity contribution is 0.112. The molecule has 2 N–H and O–H groups in total. The number of carbonyl (C=O) groups excluding carboxylic acids is 1. The number of hydrogen-bond acceptors (Lipinski definition) is 5. The number of aryl methyl sites for hydroxylation is 1. The van der Waals surface area contributed by atoms with Crippen LogP contribution in [0.1, 0.15) is 36.5 Å². The Morgan fingerprint density at radius 2 is 2.11 bits per heavy atom. The van der Waals surface area contributed by atoms with Gasteiger partial charge in [-0.3, -0.25) is 4.79 Å². The van der Waals surface area contributed by atoms with E-state index in [1.54, 1.807) is 6.92 Å². The minimum atomic E-state index is -0.158. The Kier molecular flexibility index (Phi) is 5.50. The molecule has 1 atom stereocenters. The van der Waals surface area contributed by atoms with Crippen LogP contribution in [0.25, 0.3) is 0 Å². The molecule has 5 nitrogen and oxygen atoms in total. The van der Waals surface area contributed by atoms with Crippen LogP contribution in [0.5, 0.6) is 0 Å². The van der Waals surface area contributed by atoms with Crippen molar-refractivity contribution in [3.05, 3.63) is 16.5 Å². The number of hydrogen-bond donors (Lipinski definition) is 2. The first-order valence-electron chi connectivity index (χ1n) is 5.84. The van der Waals surface area contributed by atoms with Crippen molar-refractivity contribution in [1.82, 2.24) is 9.97 Å². The lowest BCUT2D eigenvalue weighted by atomic mass is 10.0. The van der Waals surface area contributed by atoms with E-state index in [0.29, 0.717) is 23.8 Å². The maximum atomic E-state index is 11.0. The first-order chi connectivity index (χ1) is 8.47. The summed E-state index contributed by atoms with van der Waals surface area (Å²) >= 11 is 5.88. The lowest BCUT2D eigenvalue weighted by Crippen LogP contribution is -2.27. The van der Waals surface area contributed by atoms with Gasteiger partial charge < -0.3 is 10.4 Å². The molecule has 1 aromatic rings. The molecule has 1 heterocycles. The van der Waals surface area contributed by atoms with E-state index in [4.69, 9.17) is 11.6 Å². The van der Waals surface area contributed by atoms with Crippen LogP contribution in [0.3, 0.4) is 0 Å². The van der Waals surface area contributed by atoms with Crippen molar-refractivity contribution in [1.29, 1.82) is 0 Å². The molecule has 0 fully saturated rings. The summed E-state index contributed by atoms with van der Waals surface area (Å²) in [6, 6.07) is -0.158. The summed E-state index contributed by atoms with van der Waals surface area (Å²) in [7, 11) is 0. The molecule has 6 heteroatoms. The first kappa shape index (κ1) is 14.9. The zero-order chi connectivity index (χ0) is 13.7. The zero-order valence-electron chi connectivity index (χ0n) is 10.8. The van der Waals surface area contributed by atoms with Crippen LogP contribution < -0.4 is 5.32 Å². The Morgan fingerprint density at radius 3 is 2.61 bits per heavy atom. The van der Waals surface area contributed by atoms with Gasteiger partial charge in [-0.15, -0.1) is 0 Å². The Balaban J connectivity index is 2.97. The van der Waals surface area contributed by atoms with Crippen molar-refractivity contribution in [2.75, 3.05) is 11.9 Å². The molecule has 1 rings (SSSR count). The van der Waals surface area contributed by atoms with Crippen LogP contribution >= 0.6 is 11.6 Å². The van der Waals surface area contributed by atoms with Crippen molar-refractivity contribution in [3.8, 4) is 0 Å². The average Bonchev–Trinajstić information content (AvgIpc) is 2.27. The molecular weight excluding hydrogens is 254 g/mol. The van der Waals surface area contributed by atoms with Gasteiger partial charge in [0.25, 0.3) is 0 Å². The van der Waals surface area contributed by atoms with Gasteiger partial charge in [0, 0.05) is 0 Å². The highest BCUT2D eigenvalue weighted by molar-refractivity contribution is 6.32. The largest absolute Gasteiger partial charge is 0.394 e. The maximum Gasteiger partial charge on any atom is 0.156 e. The van der Waals surface area contributed by atoms with Crippen LogP contribution in [0.4, 0.5) is 5.82 Å².